The minimum atomic E-state index is -0.405. The van der Waals surface area contributed by atoms with Gasteiger partial charge in [-0.05, 0) is 17.0 Å². The molecule has 6 nitrogen and oxygen atoms in total. The van der Waals surface area contributed by atoms with E-state index in [4.69, 9.17) is 0 Å². The van der Waals surface area contributed by atoms with E-state index in [1.807, 2.05) is 18.2 Å². The predicted molar refractivity (Wildman–Crippen MR) is 74.7 cm³/mol. The Morgan fingerprint density at radius 1 is 1.20 bits per heavy atom. The van der Waals surface area contributed by atoms with Gasteiger partial charge in [0.25, 0.3) is 11.6 Å². The second-order valence-electron chi connectivity index (χ2n) is 4.46. The normalized spacial score (nSPS) is 16.6. The van der Waals surface area contributed by atoms with Crippen molar-refractivity contribution in [3.05, 3.63) is 57.6 Å². The molecule has 6 heteroatoms. The molecule has 0 atom stereocenters. The number of carbonyl (C=O) groups is 1. The third kappa shape index (κ3) is 2.02. The van der Waals surface area contributed by atoms with Gasteiger partial charge in [0.2, 0.25) is 0 Å². The van der Waals surface area contributed by atoms with Gasteiger partial charge in [-0.15, -0.1) is 0 Å². The quantitative estimate of drug-likeness (QED) is 0.494. The molecule has 0 spiro atoms. The van der Waals surface area contributed by atoms with Crippen molar-refractivity contribution in [2.24, 2.45) is 0 Å². The van der Waals surface area contributed by atoms with Crippen LogP contribution >= 0.6 is 0 Å². The van der Waals surface area contributed by atoms with Gasteiger partial charge in [-0.1, -0.05) is 30.3 Å². The van der Waals surface area contributed by atoms with Gasteiger partial charge in [0.15, 0.2) is 0 Å². The van der Waals surface area contributed by atoms with Crippen molar-refractivity contribution in [2.45, 2.75) is 0 Å². The molecule has 1 heterocycles. The van der Waals surface area contributed by atoms with Gasteiger partial charge in [-0.3, -0.25) is 20.3 Å². The Hall–Kier alpha value is -2.73. The molecule has 0 radical (unpaired) electrons. The predicted octanol–water partition coefficient (Wildman–Crippen LogP) is 1.77. The molecule has 0 unspecified atom stereocenters. The number of nitrogens with zero attached hydrogens (tertiary/aromatic N) is 1. The molecule has 0 saturated carbocycles. The Kier molecular flexibility index (Phi) is 2.92. The van der Waals surface area contributed by atoms with Crippen LogP contribution in [0, 0.1) is 10.1 Å². The van der Waals surface area contributed by atoms with E-state index in [1.54, 1.807) is 18.2 Å². The van der Waals surface area contributed by atoms with Crippen molar-refractivity contribution in [1.82, 2.24) is 10.9 Å². The largest absolute Gasteiger partial charge is 0.287 e. The number of carbonyl (C=O) groups excluding carboxylic acids is 1. The molecular weight excluding hydrogens is 258 g/mol. The highest BCUT2D eigenvalue weighted by molar-refractivity contribution is 6.04. The summed E-state index contributed by atoms with van der Waals surface area (Å²) >= 11 is 0. The van der Waals surface area contributed by atoms with Gasteiger partial charge in [0.1, 0.15) is 0 Å². The Morgan fingerprint density at radius 3 is 2.60 bits per heavy atom. The summed E-state index contributed by atoms with van der Waals surface area (Å²) in [6.45, 7) is 0.399. The van der Waals surface area contributed by atoms with Gasteiger partial charge in [-0.25, -0.2) is 5.43 Å². The highest BCUT2D eigenvalue weighted by atomic mass is 16.6. The first-order chi connectivity index (χ1) is 9.66. The van der Waals surface area contributed by atoms with Gasteiger partial charge >= 0.3 is 0 Å². The van der Waals surface area contributed by atoms with Crippen LogP contribution in [0.3, 0.4) is 0 Å². The Bertz CT molecular complexity index is 747. The molecule has 1 aliphatic heterocycles. The maximum absolute atomic E-state index is 11.6. The van der Waals surface area contributed by atoms with E-state index in [-0.39, 0.29) is 11.6 Å². The molecular formula is C14H11N3O3. The van der Waals surface area contributed by atoms with E-state index < -0.39 is 4.92 Å². The fraction of sp³-hybridized carbons (Fsp3) is 0.0714. The zero-order valence-electron chi connectivity index (χ0n) is 10.4. The second-order valence-corrected chi connectivity index (χ2v) is 4.46. The first-order valence-electron chi connectivity index (χ1n) is 6.07. The molecule has 1 aliphatic rings. The van der Waals surface area contributed by atoms with Crippen LogP contribution in [-0.2, 0) is 4.79 Å². The molecule has 0 aromatic heterocycles. The average molecular weight is 269 g/mol. The number of hydrazine groups is 1. The molecule has 0 bridgehead atoms. The number of nitrogens with one attached hydrogen (secondary N) is 2. The SMILES string of the molecule is O=C1NNC/C1=C\c1cccc2cccc([N+](=O)[O-])c12. The Balaban J connectivity index is 2.25. The third-order valence-corrected chi connectivity index (χ3v) is 3.21. The van der Waals surface area contributed by atoms with Crippen LogP contribution in [0.4, 0.5) is 5.69 Å². The van der Waals surface area contributed by atoms with E-state index in [1.165, 1.54) is 6.07 Å². The summed E-state index contributed by atoms with van der Waals surface area (Å²) in [7, 11) is 0. The van der Waals surface area contributed by atoms with Crippen molar-refractivity contribution in [2.75, 3.05) is 6.54 Å². The molecule has 1 amide bonds. The lowest BCUT2D eigenvalue weighted by Gasteiger charge is -2.04. The summed E-state index contributed by atoms with van der Waals surface area (Å²) in [4.78, 5) is 22.3. The highest BCUT2D eigenvalue weighted by Gasteiger charge is 2.18. The van der Waals surface area contributed by atoms with Crippen LogP contribution in [-0.4, -0.2) is 17.4 Å². The fourth-order valence-electron chi connectivity index (χ4n) is 2.31. The number of fused-ring (bicyclic) bond motifs is 1. The fourth-order valence-corrected chi connectivity index (χ4v) is 2.31. The van der Waals surface area contributed by atoms with Gasteiger partial charge in [0, 0.05) is 18.2 Å². The topological polar surface area (TPSA) is 84.3 Å². The van der Waals surface area contributed by atoms with Crippen molar-refractivity contribution in [3.63, 3.8) is 0 Å². The number of nitro benzene ring substituents is 1. The van der Waals surface area contributed by atoms with Crippen LogP contribution in [0.1, 0.15) is 5.56 Å². The van der Waals surface area contributed by atoms with Gasteiger partial charge in [0.05, 0.1) is 10.3 Å². The summed E-state index contributed by atoms with van der Waals surface area (Å²) < 4.78 is 0. The van der Waals surface area contributed by atoms with E-state index in [0.29, 0.717) is 23.1 Å². The van der Waals surface area contributed by atoms with E-state index in [9.17, 15) is 14.9 Å². The summed E-state index contributed by atoms with van der Waals surface area (Å²) in [5.41, 5.74) is 6.47. The van der Waals surface area contributed by atoms with Crippen molar-refractivity contribution < 1.29 is 9.72 Å². The van der Waals surface area contributed by atoms with Gasteiger partial charge in [-0.2, -0.15) is 0 Å². The molecule has 2 N–H and O–H groups in total. The molecule has 2 aromatic carbocycles. The number of hydrogen-bond donors (Lipinski definition) is 2. The third-order valence-electron chi connectivity index (χ3n) is 3.21. The highest BCUT2D eigenvalue weighted by Crippen LogP contribution is 2.30. The molecule has 1 fully saturated rings. The van der Waals surface area contributed by atoms with Crippen LogP contribution in [0.15, 0.2) is 42.0 Å². The molecule has 0 aliphatic carbocycles. The molecule has 100 valence electrons. The Labute approximate surface area is 114 Å². The summed E-state index contributed by atoms with van der Waals surface area (Å²) in [6, 6.07) is 10.3. The smallest absolute Gasteiger partial charge is 0.277 e. The minimum Gasteiger partial charge on any atom is -0.287 e. The van der Waals surface area contributed by atoms with E-state index in [2.05, 4.69) is 10.9 Å². The lowest BCUT2D eigenvalue weighted by atomic mass is 10.0. The lowest BCUT2D eigenvalue weighted by Crippen LogP contribution is -2.25. The molecule has 2 aromatic rings. The van der Waals surface area contributed by atoms with Crippen molar-refractivity contribution >= 4 is 28.4 Å². The number of nitro groups is 1. The monoisotopic (exact) mass is 269 g/mol. The summed E-state index contributed by atoms with van der Waals surface area (Å²) in [5, 5.41) is 12.5. The number of non-ortho nitro benzene ring substituents is 1. The number of hydrogen-bond acceptors (Lipinski definition) is 4. The van der Waals surface area contributed by atoms with Crippen LogP contribution in [0.2, 0.25) is 0 Å². The first kappa shape index (κ1) is 12.3. The van der Waals surface area contributed by atoms with Crippen LogP contribution in [0.5, 0.6) is 0 Å². The second kappa shape index (κ2) is 4.75. The standard InChI is InChI=1S/C14H11N3O3/c18-14-11(8-15-16-14)7-10-5-1-3-9-4-2-6-12(13(9)10)17(19)20/h1-7,15H,8H2,(H,16,18)/b11-7+. The van der Waals surface area contributed by atoms with Crippen LogP contribution < -0.4 is 10.9 Å². The zero-order valence-corrected chi connectivity index (χ0v) is 10.4. The van der Waals surface area contributed by atoms with E-state index in [0.717, 1.165) is 5.39 Å². The molecule has 3 rings (SSSR count). The van der Waals surface area contributed by atoms with Crippen molar-refractivity contribution in [1.29, 1.82) is 0 Å². The molecule has 1 saturated heterocycles. The average Bonchev–Trinajstić information content (AvgIpc) is 2.84. The summed E-state index contributed by atoms with van der Waals surface area (Å²) in [5.74, 6) is -0.208. The number of amides is 1. The first-order valence-corrected chi connectivity index (χ1v) is 6.07. The lowest BCUT2D eigenvalue weighted by molar-refractivity contribution is -0.383. The maximum atomic E-state index is 11.6. The maximum Gasteiger partial charge on any atom is 0.277 e. The number of rotatable bonds is 2. The van der Waals surface area contributed by atoms with Gasteiger partial charge < -0.3 is 0 Å². The number of benzene rings is 2. The van der Waals surface area contributed by atoms with Crippen molar-refractivity contribution in [3.8, 4) is 0 Å². The van der Waals surface area contributed by atoms with Crippen LogP contribution in [0.25, 0.3) is 16.8 Å². The summed E-state index contributed by atoms with van der Waals surface area (Å²) in [6.07, 6.45) is 1.69. The van der Waals surface area contributed by atoms with E-state index >= 15 is 0 Å². The minimum absolute atomic E-state index is 0.0429. The zero-order chi connectivity index (χ0) is 14.1. The Morgan fingerprint density at radius 2 is 1.95 bits per heavy atom. The molecule has 20 heavy (non-hydrogen) atoms.